The van der Waals surface area contributed by atoms with E-state index in [4.69, 9.17) is 4.74 Å². The van der Waals surface area contributed by atoms with E-state index < -0.39 is 0 Å². The van der Waals surface area contributed by atoms with E-state index in [1.165, 1.54) is 36.8 Å². The average Bonchev–Trinajstić information content (AvgIpc) is 3.02. The minimum absolute atomic E-state index is 0.0482. The summed E-state index contributed by atoms with van der Waals surface area (Å²) in [5.41, 5.74) is 4.57. The van der Waals surface area contributed by atoms with Crippen molar-refractivity contribution in [3.8, 4) is 0 Å². The maximum absolute atomic E-state index is 12.6. The highest BCUT2D eigenvalue weighted by molar-refractivity contribution is 5.77. The Balaban J connectivity index is 1.39. The fourth-order valence-electron chi connectivity index (χ4n) is 5.12. The van der Waals surface area contributed by atoms with Gasteiger partial charge in [-0.15, -0.1) is 0 Å². The molecule has 1 saturated carbocycles. The van der Waals surface area contributed by atoms with Crippen LogP contribution in [0, 0.1) is 13.8 Å². The molecular weight excluding hydrogens is 350 g/mol. The van der Waals surface area contributed by atoms with Crippen LogP contribution in [0.25, 0.3) is 11.0 Å². The predicted molar refractivity (Wildman–Crippen MR) is 114 cm³/mol. The smallest absolute Gasteiger partial charge is 0.326 e. The van der Waals surface area contributed by atoms with Crippen LogP contribution in [0.15, 0.2) is 16.9 Å². The fourth-order valence-corrected chi connectivity index (χ4v) is 5.12. The Labute approximate surface area is 168 Å². The first-order valence-corrected chi connectivity index (χ1v) is 11.1. The standard InChI is InChI=1S/C23H35N3O2/c1-4-13-28-20-7-5-18(6-8-20)25-11-9-19(10-12-25)26-22-15-17(3)16(2)14-21(22)24-23(26)27/h14-15,18-20H,4-13H2,1-3H3,(H,24,27). The number of ether oxygens (including phenoxy) is 1. The molecule has 2 fully saturated rings. The number of benzene rings is 1. The average molecular weight is 386 g/mol. The number of piperidine rings is 1. The van der Waals surface area contributed by atoms with Crippen LogP contribution in [-0.4, -0.2) is 46.3 Å². The van der Waals surface area contributed by atoms with Crippen molar-refractivity contribution in [3.05, 3.63) is 33.7 Å². The number of fused-ring (bicyclic) bond motifs is 1. The number of aryl methyl sites for hydroxylation is 2. The van der Waals surface area contributed by atoms with Crippen LogP contribution >= 0.6 is 0 Å². The highest BCUT2D eigenvalue weighted by atomic mass is 16.5. The molecule has 5 heteroatoms. The van der Waals surface area contributed by atoms with Gasteiger partial charge in [0, 0.05) is 31.8 Å². The molecule has 1 aliphatic carbocycles. The highest BCUT2D eigenvalue weighted by Gasteiger charge is 2.30. The molecule has 2 aromatic rings. The largest absolute Gasteiger partial charge is 0.378 e. The van der Waals surface area contributed by atoms with Crippen LogP contribution in [0.1, 0.15) is 69.0 Å². The van der Waals surface area contributed by atoms with Crippen molar-refractivity contribution in [2.24, 2.45) is 0 Å². The first-order valence-electron chi connectivity index (χ1n) is 11.1. The number of rotatable bonds is 5. The molecule has 1 aliphatic heterocycles. The number of hydrogen-bond acceptors (Lipinski definition) is 3. The van der Waals surface area contributed by atoms with Crippen molar-refractivity contribution in [1.29, 1.82) is 0 Å². The third-order valence-electron chi connectivity index (χ3n) is 6.91. The molecule has 154 valence electrons. The van der Waals surface area contributed by atoms with Gasteiger partial charge in [-0.1, -0.05) is 6.92 Å². The van der Waals surface area contributed by atoms with Crippen LogP contribution in [0.4, 0.5) is 0 Å². The van der Waals surface area contributed by atoms with E-state index in [2.05, 4.69) is 42.8 Å². The van der Waals surface area contributed by atoms with E-state index in [0.29, 0.717) is 18.2 Å². The van der Waals surface area contributed by atoms with Gasteiger partial charge in [0.2, 0.25) is 0 Å². The normalized spacial score (nSPS) is 24.8. The summed E-state index contributed by atoms with van der Waals surface area (Å²) >= 11 is 0. The molecule has 1 aromatic carbocycles. The minimum Gasteiger partial charge on any atom is -0.378 e. The van der Waals surface area contributed by atoms with Gasteiger partial charge in [-0.2, -0.15) is 0 Å². The van der Waals surface area contributed by atoms with Crippen molar-refractivity contribution in [3.63, 3.8) is 0 Å². The molecule has 1 N–H and O–H groups in total. The number of H-pyrrole nitrogens is 1. The van der Waals surface area contributed by atoms with Gasteiger partial charge in [-0.3, -0.25) is 4.57 Å². The summed E-state index contributed by atoms with van der Waals surface area (Å²) in [6.07, 6.45) is 8.62. The number of likely N-dealkylation sites (tertiary alicyclic amines) is 1. The lowest BCUT2D eigenvalue weighted by atomic mass is 9.90. The Hall–Kier alpha value is -1.59. The third-order valence-corrected chi connectivity index (χ3v) is 6.91. The Morgan fingerprint density at radius 3 is 2.36 bits per heavy atom. The summed E-state index contributed by atoms with van der Waals surface area (Å²) in [7, 11) is 0. The van der Waals surface area contributed by atoms with E-state index in [9.17, 15) is 4.79 Å². The molecule has 0 unspecified atom stereocenters. The number of nitrogens with zero attached hydrogens (tertiary/aromatic N) is 2. The monoisotopic (exact) mass is 385 g/mol. The summed E-state index contributed by atoms with van der Waals surface area (Å²) < 4.78 is 7.97. The molecule has 0 spiro atoms. The fraction of sp³-hybridized carbons (Fsp3) is 0.696. The zero-order chi connectivity index (χ0) is 19.7. The minimum atomic E-state index is 0.0482. The Morgan fingerprint density at radius 2 is 1.68 bits per heavy atom. The van der Waals surface area contributed by atoms with E-state index >= 15 is 0 Å². The second-order valence-electron chi connectivity index (χ2n) is 8.82. The van der Waals surface area contributed by atoms with Crippen molar-refractivity contribution < 1.29 is 4.74 Å². The number of nitrogens with one attached hydrogen (secondary N) is 1. The Morgan fingerprint density at radius 1 is 1.00 bits per heavy atom. The van der Waals surface area contributed by atoms with E-state index in [0.717, 1.165) is 50.0 Å². The van der Waals surface area contributed by atoms with Gasteiger partial charge in [0.25, 0.3) is 0 Å². The zero-order valence-corrected chi connectivity index (χ0v) is 17.7. The second-order valence-corrected chi connectivity index (χ2v) is 8.82. The molecule has 2 heterocycles. The lowest BCUT2D eigenvalue weighted by molar-refractivity contribution is 0.00254. The van der Waals surface area contributed by atoms with Crippen LogP contribution in [0.5, 0.6) is 0 Å². The molecule has 0 bridgehead atoms. The Kier molecular flexibility index (Phi) is 5.93. The van der Waals surface area contributed by atoms with Gasteiger partial charge < -0.3 is 14.6 Å². The first kappa shape index (κ1) is 19.7. The maximum Gasteiger partial charge on any atom is 0.326 e. The van der Waals surface area contributed by atoms with Crippen molar-refractivity contribution in [2.75, 3.05) is 19.7 Å². The van der Waals surface area contributed by atoms with Crippen molar-refractivity contribution in [2.45, 2.75) is 83.9 Å². The molecule has 0 radical (unpaired) electrons. The molecule has 1 aromatic heterocycles. The molecule has 0 atom stereocenters. The lowest BCUT2D eigenvalue weighted by Crippen LogP contribution is -2.45. The van der Waals surface area contributed by atoms with Crippen molar-refractivity contribution >= 4 is 11.0 Å². The van der Waals surface area contributed by atoms with Gasteiger partial charge in [0.15, 0.2) is 0 Å². The highest BCUT2D eigenvalue weighted by Crippen LogP contribution is 2.31. The molecule has 2 aliphatic rings. The molecule has 5 nitrogen and oxygen atoms in total. The summed E-state index contributed by atoms with van der Waals surface area (Å²) in [5, 5.41) is 0. The van der Waals surface area contributed by atoms with Crippen molar-refractivity contribution in [1.82, 2.24) is 14.5 Å². The molecular formula is C23H35N3O2. The first-order chi connectivity index (χ1) is 13.6. The SMILES string of the molecule is CCCOC1CCC(N2CCC(n3c(=O)[nH]c4cc(C)c(C)cc43)CC2)CC1. The van der Waals surface area contributed by atoms with Crippen LogP contribution in [0.3, 0.4) is 0 Å². The van der Waals surface area contributed by atoms with Gasteiger partial charge in [0.1, 0.15) is 0 Å². The van der Waals surface area contributed by atoms with Gasteiger partial charge in [0.05, 0.1) is 17.1 Å². The predicted octanol–water partition coefficient (Wildman–Crippen LogP) is 4.32. The Bertz CT molecular complexity index is 853. The summed E-state index contributed by atoms with van der Waals surface area (Å²) in [5.74, 6) is 0. The number of hydrogen-bond donors (Lipinski definition) is 1. The summed E-state index contributed by atoms with van der Waals surface area (Å²) in [6, 6.07) is 5.29. The number of aromatic amines is 1. The van der Waals surface area contributed by atoms with E-state index in [1.807, 2.05) is 4.57 Å². The van der Waals surface area contributed by atoms with Gasteiger partial charge >= 0.3 is 5.69 Å². The quantitative estimate of drug-likeness (QED) is 0.834. The van der Waals surface area contributed by atoms with Gasteiger partial charge in [-0.05, 0) is 82.1 Å². The van der Waals surface area contributed by atoms with Crippen LogP contribution < -0.4 is 5.69 Å². The third kappa shape index (κ3) is 3.92. The number of imidazole rings is 1. The molecule has 28 heavy (non-hydrogen) atoms. The van der Waals surface area contributed by atoms with Crippen LogP contribution in [-0.2, 0) is 4.74 Å². The molecule has 4 rings (SSSR count). The van der Waals surface area contributed by atoms with E-state index in [-0.39, 0.29) is 5.69 Å². The summed E-state index contributed by atoms with van der Waals surface area (Å²) in [6.45, 7) is 9.50. The number of aromatic nitrogens is 2. The summed E-state index contributed by atoms with van der Waals surface area (Å²) in [4.78, 5) is 18.4. The zero-order valence-electron chi connectivity index (χ0n) is 17.7. The topological polar surface area (TPSA) is 50.3 Å². The van der Waals surface area contributed by atoms with Gasteiger partial charge in [-0.25, -0.2) is 4.79 Å². The van der Waals surface area contributed by atoms with E-state index in [1.54, 1.807) is 0 Å². The molecule has 1 saturated heterocycles. The maximum atomic E-state index is 12.6. The second kappa shape index (κ2) is 8.42. The van der Waals surface area contributed by atoms with Crippen LogP contribution in [0.2, 0.25) is 0 Å². The molecule has 0 amide bonds. The lowest BCUT2D eigenvalue weighted by Gasteiger charge is -2.41.